The predicted molar refractivity (Wildman–Crippen MR) is 128 cm³/mol. The van der Waals surface area contributed by atoms with Gasteiger partial charge in [-0.25, -0.2) is 0 Å². The summed E-state index contributed by atoms with van der Waals surface area (Å²) < 4.78 is 0.931. The predicted octanol–water partition coefficient (Wildman–Crippen LogP) is 6.37. The first-order valence-corrected chi connectivity index (χ1v) is 11.4. The molecule has 0 aromatic heterocycles. The molecule has 2 amide bonds. The summed E-state index contributed by atoms with van der Waals surface area (Å²) in [7, 11) is 0. The van der Waals surface area contributed by atoms with Crippen molar-refractivity contribution >= 4 is 39.1 Å². The summed E-state index contributed by atoms with van der Waals surface area (Å²) in [5.41, 5.74) is 3.36. The van der Waals surface area contributed by atoms with Gasteiger partial charge in [0.2, 0.25) is 5.91 Å². The van der Waals surface area contributed by atoms with E-state index in [4.69, 9.17) is 0 Å². The molecule has 3 aromatic rings. The Bertz CT molecular complexity index is 1080. The molecule has 4 rings (SSSR count). The Morgan fingerprint density at radius 3 is 2.29 bits per heavy atom. The Morgan fingerprint density at radius 1 is 0.968 bits per heavy atom. The van der Waals surface area contributed by atoms with Gasteiger partial charge in [-0.2, -0.15) is 0 Å². The van der Waals surface area contributed by atoms with Crippen molar-refractivity contribution in [3.63, 3.8) is 0 Å². The molecular formula is C26H25BrN2O2. The topological polar surface area (TPSA) is 40.6 Å². The molecule has 3 aromatic carbocycles. The molecule has 158 valence electrons. The fourth-order valence-corrected chi connectivity index (χ4v) is 4.60. The fraction of sp³-hybridized carbons (Fsp3) is 0.231. The fourth-order valence-electron chi connectivity index (χ4n) is 4.34. The van der Waals surface area contributed by atoms with Crippen LogP contribution in [0.5, 0.6) is 0 Å². The van der Waals surface area contributed by atoms with Gasteiger partial charge in [-0.1, -0.05) is 59.3 Å². The van der Waals surface area contributed by atoms with Crippen LogP contribution < -0.4 is 9.80 Å². The Kier molecular flexibility index (Phi) is 6.23. The lowest BCUT2D eigenvalue weighted by molar-refractivity contribution is -0.118. The molecule has 0 saturated carbocycles. The molecule has 0 unspecified atom stereocenters. The molecule has 0 spiro atoms. The average Bonchev–Trinajstić information content (AvgIpc) is 2.80. The number of rotatable bonds is 4. The number of nitrogens with zero attached hydrogens (tertiary/aromatic N) is 2. The normalized spacial score (nSPS) is 17.7. The Hall–Kier alpha value is -2.92. The summed E-state index contributed by atoms with van der Waals surface area (Å²) in [4.78, 5) is 30.3. The average molecular weight is 477 g/mol. The number of carbonyl (C=O) groups is 2. The minimum absolute atomic E-state index is 0.0173. The molecule has 1 heterocycles. The van der Waals surface area contributed by atoms with E-state index in [-0.39, 0.29) is 23.9 Å². The summed E-state index contributed by atoms with van der Waals surface area (Å²) in [6.07, 6.45) is 1.11. The number of hydrogen-bond acceptors (Lipinski definition) is 2. The SMILES string of the molecule is CCC(=O)N1c2ccccc2[C@@H](N(C(=O)c2ccc(Br)cc2)c2ccccc2)C[C@@H]1C. The number of carbonyl (C=O) groups excluding carboxylic acids is 2. The van der Waals surface area contributed by atoms with Crippen LogP contribution in [-0.4, -0.2) is 17.9 Å². The highest BCUT2D eigenvalue weighted by atomic mass is 79.9. The van der Waals surface area contributed by atoms with E-state index >= 15 is 0 Å². The third-order valence-electron chi connectivity index (χ3n) is 5.79. The van der Waals surface area contributed by atoms with Crippen LogP contribution >= 0.6 is 15.9 Å². The maximum Gasteiger partial charge on any atom is 0.258 e. The van der Waals surface area contributed by atoms with Gasteiger partial charge in [0.25, 0.3) is 5.91 Å². The van der Waals surface area contributed by atoms with Crippen LogP contribution in [0.2, 0.25) is 0 Å². The standard InChI is InChI=1S/C26H25BrN2O2/c1-3-25(30)28-18(2)17-24(22-11-7-8-12-23(22)28)29(21-9-5-4-6-10-21)26(31)19-13-15-20(27)16-14-19/h4-16,18,24H,3,17H2,1-2H3/t18-,24-/m0/s1. The third-order valence-corrected chi connectivity index (χ3v) is 6.32. The second-order valence-corrected chi connectivity index (χ2v) is 8.71. The van der Waals surface area contributed by atoms with Gasteiger partial charge < -0.3 is 9.80 Å². The molecule has 0 saturated heterocycles. The van der Waals surface area contributed by atoms with Crippen molar-refractivity contribution in [1.82, 2.24) is 0 Å². The molecular weight excluding hydrogens is 452 g/mol. The van der Waals surface area contributed by atoms with E-state index in [9.17, 15) is 9.59 Å². The second-order valence-electron chi connectivity index (χ2n) is 7.79. The highest BCUT2D eigenvalue weighted by Crippen LogP contribution is 2.42. The molecule has 0 N–H and O–H groups in total. The van der Waals surface area contributed by atoms with E-state index in [1.807, 2.05) is 95.6 Å². The van der Waals surface area contributed by atoms with Crippen molar-refractivity contribution in [3.05, 3.63) is 94.5 Å². The lowest BCUT2D eigenvalue weighted by Gasteiger charge is -2.43. The second kappa shape index (κ2) is 9.06. The summed E-state index contributed by atoms with van der Waals surface area (Å²) in [6.45, 7) is 3.95. The highest BCUT2D eigenvalue weighted by molar-refractivity contribution is 9.10. The van der Waals surface area contributed by atoms with Gasteiger partial charge in [-0.05, 0) is 61.4 Å². The summed E-state index contributed by atoms with van der Waals surface area (Å²) in [6, 6.07) is 25.0. The molecule has 5 heteroatoms. The summed E-state index contributed by atoms with van der Waals surface area (Å²) in [5.74, 6) is 0.0462. The van der Waals surface area contributed by atoms with Crippen LogP contribution in [0, 0.1) is 0 Å². The number of halogens is 1. The number of para-hydroxylation sites is 2. The van der Waals surface area contributed by atoms with Crippen molar-refractivity contribution in [1.29, 1.82) is 0 Å². The van der Waals surface area contributed by atoms with Crippen molar-refractivity contribution in [2.75, 3.05) is 9.80 Å². The van der Waals surface area contributed by atoms with Gasteiger partial charge in [0.15, 0.2) is 0 Å². The first-order chi connectivity index (χ1) is 15.0. The zero-order valence-electron chi connectivity index (χ0n) is 17.7. The highest BCUT2D eigenvalue weighted by Gasteiger charge is 2.38. The van der Waals surface area contributed by atoms with E-state index in [1.165, 1.54) is 0 Å². The Morgan fingerprint density at radius 2 is 1.61 bits per heavy atom. The van der Waals surface area contributed by atoms with Gasteiger partial charge >= 0.3 is 0 Å². The molecule has 0 fully saturated rings. The summed E-state index contributed by atoms with van der Waals surface area (Å²) >= 11 is 3.45. The molecule has 2 atom stereocenters. The van der Waals surface area contributed by atoms with Crippen LogP contribution in [0.1, 0.15) is 48.7 Å². The lowest BCUT2D eigenvalue weighted by Crippen LogP contribution is -2.47. The maximum atomic E-state index is 13.8. The number of amides is 2. The Balaban J connectivity index is 1.84. The van der Waals surface area contributed by atoms with Gasteiger partial charge in [0, 0.05) is 33.9 Å². The smallest absolute Gasteiger partial charge is 0.258 e. The van der Waals surface area contributed by atoms with Gasteiger partial charge in [0.05, 0.1) is 6.04 Å². The van der Waals surface area contributed by atoms with Gasteiger partial charge in [-0.3, -0.25) is 9.59 Å². The molecule has 0 aliphatic carbocycles. The van der Waals surface area contributed by atoms with Crippen molar-refractivity contribution in [3.8, 4) is 0 Å². The van der Waals surface area contributed by atoms with Crippen molar-refractivity contribution in [2.45, 2.75) is 38.8 Å². The third kappa shape index (κ3) is 4.15. The van der Waals surface area contributed by atoms with E-state index in [1.54, 1.807) is 0 Å². The maximum absolute atomic E-state index is 13.8. The first-order valence-electron chi connectivity index (χ1n) is 10.6. The molecule has 1 aliphatic rings. The minimum atomic E-state index is -0.175. The number of benzene rings is 3. The molecule has 1 aliphatic heterocycles. The van der Waals surface area contributed by atoms with E-state index < -0.39 is 0 Å². The first kappa shape index (κ1) is 21.3. The van der Waals surface area contributed by atoms with E-state index in [0.29, 0.717) is 18.4 Å². The largest absolute Gasteiger partial charge is 0.309 e. The van der Waals surface area contributed by atoms with Crippen LogP contribution in [-0.2, 0) is 4.79 Å². The van der Waals surface area contributed by atoms with Crippen molar-refractivity contribution < 1.29 is 9.59 Å². The molecule has 0 bridgehead atoms. The number of anilines is 2. The van der Waals surface area contributed by atoms with Gasteiger partial charge in [-0.15, -0.1) is 0 Å². The zero-order chi connectivity index (χ0) is 22.0. The monoisotopic (exact) mass is 476 g/mol. The minimum Gasteiger partial charge on any atom is -0.309 e. The van der Waals surface area contributed by atoms with Crippen LogP contribution in [0.4, 0.5) is 11.4 Å². The lowest BCUT2D eigenvalue weighted by atomic mass is 9.89. The van der Waals surface area contributed by atoms with E-state index in [2.05, 4.69) is 22.9 Å². The molecule has 0 radical (unpaired) electrons. The molecule has 4 nitrogen and oxygen atoms in total. The molecule has 31 heavy (non-hydrogen) atoms. The van der Waals surface area contributed by atoms with Crippen LogP contribution in [0.3, 0.4) is 0 Å². The van der Waals surface area contributed by atoms with Crippen molar-refractivity contribution in [2.24, 2.45) is 0 Å². The van der Waals surface area contributed by atoms with Gasteiger partial charge in [0.1, 0.15) is 0 Å². The number of fused-ring (bicyclic) bond motifs is 1. The quantitative estimate of drug-likeness (QED) is 0.438. The zero-order valence-corrected chi connectivity index (χ0v) is 19.2. The van der Waals surface area contributed by atoms with E-state index in [0.717, 1.165) is 21.4 Å². The summed E-state index contributed by atoms with van der Waals surface area (Å²) in [5, 5.41) is 0. The van der Waals surface area contributed by atoms with Crippen LogP contribution in [0.25, 0.3) is 0 Å². The Labute approximate surface area is 191 Å². The number of hydrogen-bond donors (Lipinski definition) is 0. The van der Waals surface area contributed by atoms with Crippen LogP contribution in [0.15, 0.2) is 83.3 Å².